The van der Waals surface area contributed by atoms with Crippen LogP contribution in [-0.4, -0.2) is 16.7 Å². The summed E-state index contributed by atoms with van der Waals surface area (Å²) in [6.07, 6.45) is 4.58. The zero-order valence-electron chi connectivity index (χ0n) is 8.43. The number of rotatable bonds is 3. The number of hydrogen-bond donors (Lipinski definition) is 1. The van der Waals surface area contributed by atoms with Crippen molar-refractivity contribution in [1.29, 1.82) is 0 Å². The van der Waals surface area contributed by atoms with Gasteiger partial charge in [-0.05, 0) is 29.2 Å². The lowest BCUT2D eigenvalue weighted by Gasteiger charge is -1.94. The van der Waals surface area contributed by atoms with Gasteiger partial charge in [0.15, 0.2) is 0 Å². The van der Waals surface area contributed by atoms with E-state index in [0.29, 0.717) is 4.88 Å². The molecule has 0 aliphatic carbocycles. The fourth-order valence-electron chi connectivity index (χ4n) is 1.33. The number of pyridine rings is 1. The van der Waals surface area contributed by atoms with Gasteiger partial charge in [-0.3, -0.25) is 4.98 Å². The largest absolute Gasteiger partial charge is 0.392 e. The van der Waals surface area contributed by atoms with Crippen molar-refractivity contribution in [1.82, 2.24) is 4.98 Å². The van der Waals surface area contributed by atoms with Gasteiger partial charge in [-0.25, -0.2) is 4.39 Å². The van der Waals surface area contributed by atoms with E-state index in [0.717, 1.165) is 17.2 Å². The Morgan fingerprint density at radius 1 is 1.50 bits per heavy atom. The van der Waals surface area contributed by atoms with Crippen LogP contribution in [0.4, 0.5) is 4.39 Å². The monoisotopic (exact) mass is 235 g/mol. The number of aliphatic hydroxyl groups excluding tert-OH is 1. The topological polar surface area (TPSA) is 33.1 Å². The highest BCUT2D eigenvalue weighted by Gasteiger charge is 2.05. The van der Waals surface area contributed by atoms with E-state index in [-0.39, 0.29) is 12.4 Å². The van der Waals surface area contributed by atoms with Gasteiger partial charge in [-0.15, -0.1) is 11.3 Å². The second-order valence-corrected chi connectivity index (χ2v) is 4.09. The number of nitrogens with zero attached hydrogens (tertiary/aromatic N) is 1. The lowest BCUT2D eigenvalue weighted by atomic mass is 10.1. The average Bonchev–Trinajstić information content (AvgIpc) is 2.80. The van der Waals surface area contributed by atoms with Crippen LogP contribution in [0.2, 0.25) is 0 Å². The molecule has 0 aliphatic rings. The Balaban J connectivity index is 2.30. The molecule has 2 aromatic rings. The molecule has 0 saturated carbocycles. The Morgan fingerprint density at radius 2 is 2.38 bits per heavy atom. The fourth-order valence-corrected chi connectivity index (χ4v) is 2.18. The molecule has 0 aromatic carbocycles. The van der Waals surface area contributed by atoms with Crippen molar-refractivity contribution in [3.05, 3.63) is 46.9 Å². The Hall–Kier alpha value is -1.52. The number of aliphatic hydroxyl groups is 1. The van der Waals surface area contributed by atoms with Crippen LogP contribution in [-0.2, 0) is 0 Å². The van der Waals surface area contributed by atoms with Crippen LogP contribution in [0.15, 0.2) is 42.0 Å². The first-order chi connectivity index (χ1) is 7.81. The smallest absolute Gasteiger partial charge is 0.138 e. The Labute approximate surface area is 96.7 Å². The quantitative estimate of drug-likeness (QED) is 0.886. The predicted octanol–water partition coefficient (Wildman–Crippen LogP) is 3.11. The summed E-state index contributed by atoms with van der Waals surface area (Å²) in [5.74, 6) is -0.386. The molecule has 2 rings (SSSR count). The molecule has 0 amide bonds. The van der Waals surface area contributed by atoms with E-state index in [9.17, 15) is 4.39 Å². The van der Waals surface area contributed by atoms with Crippen LogP contribution < -0.4 is 0 Å². The molecule has 82 valence electrons. The van der Waals surface area contributed by atoms with Crippen molar-refractivity contribution in [2.45, 2.75) is 0 Å². The molecule has 2 heterocycles. The van der Waals surface area contributed by atoms with Gasteiger partial charge in [-0.1, -0.05) is 6.07 Å². The Kier molecular flexibility index (Phi) is 3.44. The lowest BCUT2D eigenvalue weighted by Crippen LogP contribution is -1.77. The molecule has 0 bridgehead atoms. The van der Waals surface area contributed by atoms with Crippen molar-refractivity contribution in [2.75, 3.05) is 6.61 Å². The van der Waals surface area contributed by atoms with E-state index in [1.807, 2.05) is 17.5 Å². The Morgan fingerprint density at radius 3 is 3.06 bits per heavy atom. The highest BCUT2D eigenvalue weighted by molar-refractivity contribution is 7.11. The van der Waals surface area contributed by atoms with Crippen LogP contribution in [0.1, 0.15) is 4.88 Å². The highest BCUT2D eigenvalue weighted by atomic mass is 32.1. The summed E-state index contributed by atoms with van der Waals surface area (Å²) >= 11 is 1.31. The van der Waals surface area contributed by atoms with Crippen molar-refractivity contribution < 1.29 is 9.50 Å². The SMILES string of the molecule is OC/C=C(\F)c1cc(-c2cccnc2)cs1. The second kappa shape index (κ2) is 5.01. The molecule has 0 atom stereocenters. The third-order valence-corrected chi connectivity index (χ3v) is 3.04. The first-order valence-electron chi connectivity index (χ1n) is 4.77. The molecule has 2 nitrogen and oxygen atoms in total. The molecule has 0 spiro atoms. The van der Waals surface area contributed by atoms with Crippen molar-refractivity contribution in [2.24, 2.45) is 0 Å². The predicted molar refractivity (Wildman–Crippen MR) is 63.7 cm³/mol. The zero-order valence-corrected chi connectivity index (χ0v) is 9.25. The third kappa shape index (κ3) is 2.35. The maximum atomic E-state index is 13.4. The van der Waals surface area contributed by atoms with E-state index < -0.39 is 0 Å². The molecular formula is C12H10FNOS. The number of thiophene rings is 1. The molecular weight excluding hydrogens is 225 g/mol. The van der Waals surface area contributed by atoms with Crippen molar-refractivity contribution >= 4 is 17.2 Å². The van der Waals surface area contributed by atoms with Gasteiger partial charge < -0.3 is 5.11 Å². The summed E-state index contributed by atoms with van der Waals surface area (Å²) < 4.78 is 13.4. The molecule has 0 aliphatic heterocycles. The first kappa shape index (κ1) is 11.0. The van der Waals surface area contributed by atoms with E-state index in [1.165, 1.54) is 11.3 Å². The van der Waals surface area contributed by atoms with Gasteiger partial charge in [0, 0.05) is 18.0 Å². The summed E-state index contributed by atoms with van der Waals surface area (Å²) in [6.45, 7) is -0.286. The molecule has 4 heteroatoms. The first-order valence-corrected chi connectivity index (χ1v) is 5.65. The van der Waals surface area contributed by atoms with Gasteiger partial charge in [-0.2, -0.15) is 0 Å². The minimum absolute atomic E-state index is 0.286. The van der Waals surface area contributed by atoms with Crippen LogP contribution in [0.25, 0.3) is 17.0 Å². The molecule has 0 fully saturated rings. The summed E-state index contributed by atoms with van der Waals surface area (Å²) in [5.41, 5.74) is 1.90. The molecule has 1 N–H and O–H groups in total. The highest BCUT2D eigenvalue weighted by Crippen LogP contribution is 2.29. The molecule has 2 aromatic heterocycles. The standard InChI is InChI=1S/C12H10FNOS/c13-11(3-5-15)12-6-10(8-16-12)9-2-1-4-14-7-9/h1-4,6-8,15H,5H2/b11-3-. The summed E-state index contributed by atoms with van der Waals surface area (Å²) in [5, 5.41) is 10.5. The second-order valence-electron chi connectivity index (χ2n) is 3.18. The van der Waals surface area contributed by atoms with Gasteiger partial charge >= 0.3 is 0 Å². The average molecular weight is 235 g/mol. The number of halogens is 1. The minimum Gasteiger partial charge on any atom is -0.392 e. The van der Waals surface area contributed by atoms with Crippen LogP contribution >= 0.6 is 11.3 Å². The van der Waals surface area contributed by atoms with Crippen molar-refractivity contribution in [3.63, 3.8) is 0 Å². The van der Waals surface area contributed by atoms with Gasteiger partial charge in [0.2, 0.25) is 0 Å². The zero-order chi connectivity index (χ0) is 11.4. The molecule has 0 radical (unpaired) electrons. The van der Waals surface area contributed by atoms with Gasteiger partial charge in [0.25, 0.3) is 0 Å². The molecule has 0 unspecified atom stereocenters. The summed E-state index contributed by atoms with van der Waals surface area (Å²) in [6, 6.07) is 5.52. The van der Waals surface area contributed by atoms with Crippen LogP contribution in [0.5, 0.6) is 0 Å². The summed E-state index contributed by atoms with van der Waals surface area (Å²) in [7, 11) is 0. The van der Waals surface area contributed by atoms with E-state index in [2.05, 4.69) is 4.98 Å². The lowest BCUT2D eigenvalue weighted by molar-refractivity contribution is 0.342. The van der Waals surface area contributed by atoms with Gasteiger partial charge in [0.1, 0.15) is 5.83 Å². The van der Waals surface area contributed by atoms with E-state index in [1.54, 1.807) is 18.5 Å². The van der Waals surface area contributed by atoms with E-state index in [4.69, 9.17) is 5.11 Å². The van der Waals surface area contributed by atoms with Gasteiger partial charge in [0.05, 0.1) is 11.5 Å². The molecule has 16 heavy (non-hydrogen) atoms. The number of hydrogen-bond acceptors (Lipinski definition) is 3. The third-order valence-electron chi connectivity index (χ3n) is 2.10. The molecule has 0 saturated heterocycles. The normalized spacial score (nSPS) is 11.8. The fraction of sp³-hybridized carbons (Fsp3) is 0.0833. The van der Waals surface area contributed by atoms with Crippen molar-refractivity contribution in [3.8, 4) is 11.1 Å². The summed E-state index contributed by atoms with van der Waals surface area (Å²) in [4.78, 5) is 4.53. The Bertz CT molecular complexity index is 493. The van der Waals surface area contributed by atoms with Crippen LogP contribution in [0.3, 0.4) is 0 Å². The van der Waals surface area contributed by atoms with Crippen LogP contribution in [0, 0.1) is 0 Å². The minimum atomic E-state index is -0.386. The number of aromatic nitrogens is 1. The maximum Gasteiger partial charge on any atom is 0.138 e. The maximum absolute atomic E-state index is 13.4. The van der Waals surface area contributed by atoms with E-state index >= 15 is 0 Å².